The van der Waals surface area contributed by atoms with E-state index in [0.29, 0.717) is 5.56 Å². The van der Waals surface area contributed by atoms with Gasteiger partial charge >= 0.3 is 0 Å². The molecule has 0 aliphatic heterocycles. The predicted octanol–water partition coefficient (Wildman–Crippen LogP) is 1.40. The van der Waals surface area contributed by atoms with E-state index in [9.17, 15) is 4.79 Å². The maximum Gasteiger partial charge on any atom is 0.257 e. The first-order valence-electron chi connectivity index (χ1n) is 3.48. The van der Waals surface area contributed by atoms with Gasteiger partial charge in [-0.1, -0.05) is 23.4 Å². The van der Waals surface area contributed by atoms with Crippen molar-refractivity contribution in [2.24, 2.45) is 5.16 Å². The van der Waals surface area contributed by atoms with E-state index < -0.39 is 5.91 Å². The molecule has 0 bridgehead atoms. The molecule has 0 aliphatic carbocycles. The molecule has 1 rings (SSSR count). The normalized spacial score (nSPS) is 11.0. The molecule has 1 amide bonds. The maximum absolute atomic E-state index is 11.2. The molecular formula is C8H7ClN2O2. The van der Waals surface area contributed by atoms with Gasteiger partial charge in [-0.15, -0.1) is 0 Å². The molecule has 0 heterocycles. The Hall–Kier alpha value is -1.55. The molecular weight excluding hydrogens is 192 g/mol. The lowest BCUT2D eigenvalue weighted by Gasteiger charge is -1.99. The van der Waals surface area contributed by atoms with Crippen LogP contribution in [0.15, 0.2) is 35.5 Å². The maximum atomic E-state index is 11.2. The van der Waals surface area contributed by atoms with Crippen LogP contribution >= 0.6 is 11.6 Å². The van der Waals surface area contributed by atoms with E-state index in [1.807, 2.05) is 0 Å². The number of hydrogen-bond donors (Lipinski definition) is 2. The van der Waals surface area contributed by atoms with Gasteiger partial charge < -0.3 is 5.21 Å². The molecule has 0 saturated heterocycles. The number of benzene rings is 1. The molecule has 13 heavy (non-hydrogen) atoms. The minimum absolute atomic E-state index is 0.353. The second-order valence-corrected chi connectivity index (χ2v) is 2.57. The van der Waals surface area contributed by atoms with Gasteiger partial charge in [0.05, 0.1) is 0 Å². The quantitative estimate of drug-likeness (QED) is 0.236. The van der Waals surface area contributed by atoms with E-state index in [0.717, 1.165) is 0 Å². The number of carbonyl (C=O) groups is 1. The minimum atomic E-state index is -0.414. The van der Waals surface area contributed by atoms with Gasteiger partial charge in [0.2, 0.25) is 5.29 Å². The largest absolute Gasteiger partial charge is 0.408 e. The van der Waals surface area contributed by atoms with Crippen LogP contribution in [0.4, 0.5) is 0 Å². The number of hydrogen-bond acceptors (Lipinski definition) is 3. The number of halogens is 1. The molecule has 0 radical (unpaired) electrons. The van der Waals surface area contributed by atoms with E-state index in [1.54, 1.807) is 30.3 Å². The third-order valence-electron chi connectivity index (χ3n) is 1.34. The highest BCUT2D eigenvalue weighted by molar-refractivity contribution is 6.65. The number of carbonyl (C=O) groups excluding carboxylic acids is 1. The smallest absolute Gasteiger partial charge is 0.257 e. The average molecular weight is 199 g/mol. The molecule has 68 valence electrons. The highest BCUT2D eigenvalue weighted by Crippen LogP contribution is 1.98. The number of nitrogens with one attached hydrogen (secondary N) is 1. The summed E-state index contributed by atoms with van der Waals surface area (Å²) in [6, 6.07) is 8.48. The third-order valence-corrected chi connectivity index (χ3v) is 1.51. The molecule has 5 heteroatoms. The van der Waals surface area contributed by atoms with Gasteiger partial charge in [0.1, 0.15) is 0 Å². The van der Waals surface area contributed by atoms with Crippen LogP contribution in [0.3, 0.4) is 0 Å². The van der Waals surface area contributed by atoms with Crippen LogP contribution in [0.1, 0.15) is 10.4 Å². The van der Waals surface area contributed by atoms with Crippen molar-refractivity contribution >= 4 is 22.8 Å². The summed E-state index contributed by atoms with van der Waals surface area (Å²) in [4.78, 5) is 11.2. The zero-order valence-electron chi connectivity index (χ0n) is 6.57. The summed E-state index contributed by atoms with van der Waals surface area (Å²) in [7, 11) is 0. The van der Waals surface area contributed by atoms with Gasteiger partial charge in [-0.25, -0.2) is 0 Å². The Morgan fingerprint density at radius 1 is 1.38 bits per heavy atom. The Kier molecular flexibility index (Phi) is 3.28. The van der Waals surface area contributed by atoms with E-state index in [1.165, 1.54) is 0 Å². The van der Waals surface area contributed by atoms with Crippen molar-refractivity contribution in [1.29, 1.82) is 0 Å². The van der Waals surface area contributed by atoms with E-state index in [4.69, 9.17) is 16.8 Å². The van der Waals surface area contributed by atoms with Gasteiger partial charge in [0.25, 0.3) is 5.91 Å². The first-order chi connectivity index (χ1) is 6.24. The van der Waals surface area contributed by atoms with Crippen molar-refractivity contribution in [1.82, 2.24) is 5.32 Å². The fourth-order valence-corrected chi connectivity index (χ4v) is 0.866. The second kappa shape index (κ2) is 4.47. The Labute approximate surface area is 79.8 Å². The van der Waals surface area contributed by atoms with Crippen molar-refractivity contribution < 1.29 is 10.0 Å². The summed E-state index contributed by atoms with van der Waals surface area (Å²) in [5.41, 5.74) is 0.448. The van der Waals surface area contributed by atoms with E-state index >= 15 is 0 Å². The van der Waals surface area contributed by atoms with Crippen LogP contribution in [0.25, 0.3) is 0 Å². The topological polar surface area (TPSA) is 61.7 Å². The molecule has 0 unspecified atom stereocenters. The first-order valence-corrected chi connectivity index (χ1v) is 3.86. The molecule has 0 aliphatic rings. The van der Waals surface area contributed by atoms with Crippen molar-refractivity contribution in [3.8, 4) is 0 Å². The SMILES string of the molecule is O=C(NC(Cl)=NO)c1ccccc1. The number of amidine groups is 1. The highest BCUT2D eigenvalue weighted by Gasteiger charge is 2.05. The number of rotatable bonds is 1. The van der Waals surface area contributed by atoms with Crippen LogP contribution in [0.2, 0.25) is 0 Å². The summed E-state index contributed by atoms with van der Waals surface area (Å²) in [5, 5.41) is 12.6. The lowest BCUT2D eigenvalue weighted by Crippen LogP contribution is -2.26. The average Bonchev–Trinajstić information content (AvgIpc) is 2.19. The van der Waals surface area contributed by atoms with Crippen LogP contribution in [-0.4, -0.2) is 16.4 Å². The summed E-state index contributed by atoms with van der Waals surface area (Å²) in [5.74, 6) is -0.414. The fraction of sp³-hybridized carbons (Fsp3) is 0. The standard InChI is InChI=1S/C8H7ClN2O2/c9-8(11-13)10-7(12)6-4-2-1-3-5-6/h1-5,13H,(H,10,11,12). The Morgan fingerprint density at radius 3 is 2.54 bits per heavy atom. The molecule has 0 saturated carbocycles. The van der Waals surface area contributed by atoms with Crippen LogP contribution in [-0.2, 0) is 0 Å². The number of nitrogens with zero attached hydrogens (tertiary/aromatic N) is 1. The number of amides is 1. The highest BCUT2D eigenvalue weighted by atomic mass is 35.5. The van der Waals surface area contributed by atoms with Crippen LogP contribution < -0.4 is 5.32 Å². The molecule has 2 N–H and O–H groups in total. The fourth-order valence-electron chi connectivity index (χ4n) is 0.780. The zero-order chi connectivity index (χ0) is 9.68. The number of oxime groups is 1. The monoisotopic (exact) mass is 198 g/mol. The molecule has 4 nitrogen and oxygen atoms in total. The van der Waals surface area contributed by atoms with E-state index in [2.05, 4.69) is 10.5 Å². The molecule has 0 aromatic heterocycles. The van der Waals surface area contributed by atoms with Crippen molar-refractivity contribution in [2.45, 2.75) is 0 Å². The first kappa shape index (κ1) is 9.54. The van der Waals surface area contributed by atoms with Crippen molar-refractivity contribution in [2.75, 3.05) is 0 Å². The molecule has 0 fully saturated rings. The third kappa shape index (κ3) is 2.76. The summed E-state index contributed by atoms with van der Waals surface area (Å²) in [6.07, 6.45) is 0. The molecule has 1 aromatic rings. The Bertz CT molecular complexity index is 324. The minimum Gasteiger partial charge on any atom is -0.408 e. The summed E-state index contributed by atoms with van der Waals surface area (Å²) >= 11 is 5.28. The molecule has 0 atom stereocenters. The Balaban J connectivity index is 2.70. The van der Waals surface area contributed by atoms with Crippen LogP contribution in [0, 0.1) is 0 Å². The van der Waals surface area contributed by atoms with Gasteiger partial charge in [-0.3, -0.25) is 10.1 Å². The van der Waals surface area contributed by atoms with Gasteiger partial charge in [0.15, 0.2) is 0 Å². The van der Waals surface area contributed by atoms with Crippen molar-refractivity contribution in [3.05, 3.63) is 35.9 Å². The van der Waals surface area contributed by atoms with E-state index in [-0.39, 0.29) is 5.29 Å². The van der Waals surface area contributed by atoms with Gasteiger partial charge in [0, 0.05) is 5.56 Å². The zero-order valence-corrected chi connectivity index (χ0v) is 7.32. The summed E-state index contributed by atoms with van der Waals surface area (Å²) < 4.78 is 0. The predicted molar refractivity (Wildman–Crippen MR) is 49.0 cm³/mol. The lowest BCUT2D eigenvalue weighted by atomic mass is 10.2. The van der Waals surface area contributed by atoms with Crippen molar-refractivity contribution in [3.63, 3.8) is 0 Å². The molecule has 1 aromatic carbocycles. The summed E-state index contributed by atoms with van der Waals surface area (Å²) in [6.45, 7) is 0. The van der Waals surface area contributed by atoms with Crippen LogP contribution in [0.5, 0.6) is 0 Å². The molecule has 0 spiro atoms. The lowest BCUT2D eigenvalue weighted by molar-refractivity contribution is 0.0976. The Morgan fingerprint density at radius 2 is 2.00 bits per heavy atom. The second-order valence-electron chi connectivity index (χ2n) is 2.21. The van der Waals surface area contributed by atoms with Gasteiger partial charge in [-0.05, 0) is 23.7 Å². The van der Waals surface area contributed by atoms with Gasteiger partial charge in [-0.2, -0.15) is 0 Å².